The fraction of sp³-hybridized carbons (Fsp3) is 0.300. The lowest BCUT2D eigenvalue weighted by Gasteiger charge is -1.99. The summed E-state index contributed by atoms with van der Waals surface area (Å²) in [6.07, 6.45) is 0.756. The average molecular weight is 211 g/mol. The fourth-order valence-electron chi connectivity index (χ4n) is 1.01. The molecule has 0 unspecified atom stereocenters. The van der Waals surface area contributed by atoms with Crippen molar-refractivity contribution in [1.29, 1.82) is 0 Å². The predicted octanol–water partition coefficient (Wildman–Crippen LogP) is 0.895. The molecule has 0 atom stereocenters. The Morgan fingerprint density at radius 3 is 2.73 bits per heavy atom. The minimum absolute atomic E-state index is 0.00931. The van der Waals surface area contributed by atoms with E-state index in [4.69, 9.17) is 0 Å². The van der Waals surface area contributed by atoms with Gasteiger partial charge in [0.1, 0.15) is 18.0 Å². The lowest BCUT2D eigenvalue weighted by Crippen LogP contribution is -2.12. The topological polar surface area (TPSA) is 56.3 Å². The quantitative estimate of drug-likeness (QED) is 0.548. The first-order valence-corrected chi connectivity index (χ1v) is 4.30. The Morgan fingerprint density at radius 1 is 1.47 bits per heavy atom. The van der Waals surface area contributed by atoms with Gasteiger partial charge < -0.3 is 4.74 Å². The first-order chi connectivity index (χ1) is 7.11. The highest BCUT2D eigenvalue weighted by Crippen LogP contribution is 2.01. The van der Waals surface area contributed by atoms with E-state index in [-0.39, 0.29) is 18.6 Å². The van der Waals surface area contributed by atoms with E-state index in [1.807, 2.05) is 0 Å². The molecule has 80 valence electrons. The molecule has 15 heavy (non-hydrogen) atoms. The predicted molar refractivity (Wildman–Crippen MR) is 49.5 cm³/mol. The van der Waals surface area contributed by atoms with Crippen LogP contribution in [0.3, 0.4) is 0 Å². The number of methoxy groups -OCH3 is 1. The van der Waals surface area contributed by atoms with E-state index in [1.54, 1.807) is 0 Å². The van der Waals surface area contributed by atoms with Crippen LogP contribution in [0.4, 0.5) is 4.39 Å². The summed E-state index contributed by atoms with van der Waals surface area (Å²) in [5.74, 6) is -1.35. The molecule has 0 aromatic carbocycles. The minimum atomic E-state index is -0.581. The second kappa shape index (κ2) is 5.19. The van der Waals surface area contributed by atoms with Gasteiger partial charge in [-0.3, -0.25) is 14.6 Å². The van der Waals surface area contributed by atoms with Crippen molar-refractivity contribution < 1.29 is 18.7 Å². The average Bonchev–Trinajstić information content (AvgIpc) is 2.21. The van der Waals surface area contributed by atoms with Crippen LogP contribution in [0.1, 0.15) is 12.1 Å². The molecule has 0 aliphatic rings. The Kier molecular flexibility index (Phi) is 3.91. The maximum atomic E-state index is 12.5. The molecule has 0 amide bonds. The fourth-order valence-corrected chi connectivity index (χ4v) is 1.01. The van der Waals surface area contributed by atoms with Crippen LogP contribution in [-0.4, -0.2) is 23.8 Å². The van der Waals surface area contributed by atoms with E-state index in [2.05, 4.69) is 9.72 Å². The summed E-state index contributed by atoms with van der Waals surface area (Å²) in [7, 11) is 1.21. The smallest absolute Gasteiger partial charge is 0.313 e. The molecule has 0 N–H and O–H groups in total. The molecule has 1 rings (SSSR count). The zero-order valence-electron chi connectivity index (χ0n) is 8.20. The van der Waals surface area contributed by atoms with Crippen molar-refractivity contribution in [3.63, 3.8) is 0 Å². The molecule has 0 spiro atoms. The molecular formula is C10H10FNO3. The normalized spacial score (nSPS) is 9.73. The number of nitrogens with zero attached hydrogens (tertiary/aromatic N) is 1. The van der Waals surface area contributed by atoms with Crippen molar-refractivity contribution in [2.24, 2.45) is 0 Å². The van der Waals surface area contributed by atoms with Crippen LogP contribution in [-0.2, 0) is 20.7 Å². The number of halogens is 1. The third kappa shape index (κ3) is 3.84. The first kappa shape index (κ1) is 11.3. The summed E-state index contributed by atoms with van der Waals surface area (Å²) < 4.78 is 16.8. The number of carbonyl (C=O) groups is 2. The van der Waals surface area contributed by atoms with Crippen molar-refractivity contribution in [2.75, 3.05) is 7.11 Å². The van der Waals surface area contributed by atoms with Gasteiger partial charge in [-0.05, 0) is 12.1 Å². The molecule has 5 heteroatoms. The lowest BCUT2D eigenvalue weighted by atomic mass is 10.1. The SMILES string of the molecule is COC(=O)CC(=O)Cc1ccc(F)cn1. The van der Waals surface area contributed by atoms with Crippen LogP contribution < -0.4 is 0 Å². The number of pyridine rings is 1. The Hall–Kier alpha value is -1.78. The van der Waals surface area contributed by atoms with Gasteiger partial charge in [0.25, 0.3) is 0 Å². The Morgan fingerprint density at radius 2 is 2.20 bits per heavy atom. The van der Waals surface area contributed by atoms with Gasteiger partial charge in [0.2, 0.25) is 0 Å². The summed E-state index contributed by atoms with van der Waals surface area (Å²) in [6, 6.07) is 2.62. The number of rotatable bonds is 4. The van der Waals surface area contributed by atoms with Gasteiger partial charge in [-0.25, -0.2) is 4.39 Å². The molecule has 0 aliphatic carbocycles. The molecule has 4 nitrogen and oxygen atoms in total. The van der Waals surface area contributed by atoms with Crippen LogP contribution in [0.5, 0.6) is 0 Å². The summed E-state index contributed by atoms with van der Waals surface area (Å²) in [5.41, 5.74) is 0.435. The van der Waals surface area contributed by atoms with Crippen molar-refractivity contribution in [3.05, 3.63) is 29.8 Å². The highest BCUT2D eigenvalue weighted by Gasteiger charge is 2.10. The molecule has 1 heterocycles. The van der Waals surface area contributed by atoms with Gasteiger partial charge in [-0.2, -0.15) is 0 Å². The Bertz CT molecular complexity index is 361. The number of aromatic nitrogens is 1. The van der Waals surface area contributed by atoms with Crippen molar-refractivity contribution in [2.45, 2.75) is 12.8 Å². The zero-order valence-corrected chi connectivity index (χ0v) is 8.20. The maximum absolute atomic E-state index is 12.5. The third-order valence-electron chi connectivity index (χ3n) is 1.74. The molecule has 0 aliphatic heterocycles. The summed E-state index contributed by atoms with van der Waals surface area (Å²) in [6.45, 7) is 0. The summed E-state index contributed by atoms with van der Waals surface area (Å²) in [5, 5.41) is 0. The van der Waals surface area contributed by atoms with Crippen LogP contribution in [0.15, 0.2) is 18.3 Å². The lowest BCUT2D eigenvalue weighted by molar-refractivity contribution is -0.143. The van der Waals surface area contributed by atoms with E-state index < -0.39 is 11.8 Å². The summed E-state index contributed by atoms with van der Waals surface area (Å²) >= 11 is 0. The van der Waals surface area contributed by atoms with E-state index in [9.17, 15) is 14.0 Å². The standard InChI is InChI=1S/C10H10FNO3/c1-15-10(14)5-9(13)4-8-3-2-7(11)6-12-8/h2-3,6H,4-5H2,1H3. The second-order valence-electron chi connectivity index (χ2n) is 2.94. The van der Waals surface area contributed by atoms with E-state index >= 15 is 0 Å². The van der Waals surface area contributed by atoms with E-state index in [1.165, 1.54) is 19.2 Å². The second-order valence-corrected chi connectivity index (χ2v) is 2.94. The highest BCUT2D eigenvalue weighted by atomic mass is 19.1. The van der Waals surface area contributed by atoms with Crippen LogP contribution in [0, 0.1) is 5.82 Å². The van der Waals surface area contributed by atoms with Gasteiger partial charge >= 0.3 is 5.97 Å². The Labute approximate surface area is 86.1 Å². The van der Waals surface area contributed by atoms with E-state index in [0.717, 1.165) is 6.20 Å². The molecule has 1 aromatic heterocycles. The molecule has 0 radical (unpaired) electrons. The van der Waals surface area contributed by atoms with Crippen molar-refractivity contribution in [1.82, 2.24) is 4.98 Å². The molecule has 0 saturated heterocycles. The van der Waals surface area contributed by atoms with Gasteiger partial charge in [0.05, 0.1) is 13.3 Å². The highest BCUT2D eigenvalue weighted by molar-refractivity contribution is 5.96. The molecular weight excluding hydrogens is 201 g/mol. The third-order valence-corrected chi connectivity index (χ3v) is 1.74. The number of Topliss-reactive ketones (excluding diaryl/α,β-unsaturated/α-hetero) is 1. The molecule has 0 bridgehead atoms. The number of ether oxygens (including phenoxy) is 1. The zero-order chi connectivity index (χ0) is 11.3. The van der Waals surface area contributed by atoms with Crippen LogP contribution in [0.25, 0.3) is 0 Å². The number of hydrogen-bond donors (Lipinski definition) is 0. The van der Waals surface area contributed by atoms with Gasteiger partial charge in [-0.15, -0.1) is 0 Å². The van der Waals surface area contributed by atoms with Crippen LogP contribution in [0.2, 0.25) is 0 Å². The molecule has 0 fully saturated rings. The summed E-state index contributed by atoms with van der Waals surface area (Å²) in [4.78, 5) is 25.7. The molecule has 1 aromatic rings. The monoisotopic (exact) mass is 211 g/mol. The van der Waals surface area contributed by atoms with Gasteiger partial charge in [0, 0.05) is 12.1 Å². The van der Waals surface area contributed by atoms with Crippen LogP contribution >= 0.6 is 0 Å². The van der Waals surface area contributed by atoms with Crippen molar-refractivity contribution >= 4 is 11.8 Å². The minimum Gasteiger partial charge on any atom is -0.469 e. The Balaban J connectivity index is 2.51. The number of esters is 1. The molecule has 0 saturated carbocycles. The maximum Gasteiger partial charge on any atom is 0.313 e. The number of carbonyl (C=O) groups excluding carboxylic acids is 2. The van der Waals surface area contributed by atoms with Gasteiger partial charge in [0.15, 0.2) is 0 Å². The van der Waals surface area contributed by atoms with Gasteiger partial charge in [-0.1, -0.05) is 0 Å². The first-order valence-electron chi connectivity index (χ1n) is 4.30. The largest absolute Gasteiger partial charge is 0.469 e. The van der Waals surface area contributed by atoms with Crippen molar-refractivity contribution in [3.8, 4) is 0 Å². The number of ketones is 1. The number of hydrogen-bond acceptors (Lipinski definition) is 4. The van der Waals surface area contributed by atoms with E-state index in [0.29, 0.717) is 5.69 Å².